The third-order valence-corrected chi connectivity index (χ3v) is 6.46. The fourth-order valence-electron chi connectivity index (χ4n) is 5.52. The van der Waals surface area contributed by atoms with Gasteiger partial charge in [0.2, 0.25) is 0 Å². The molecule has 1 aromatic carbocycles. The first-order valence-electron chi connectivity index (χ1n) is 9.10. The maximum absolute atomic E-state index is 6.01. The van der Waals surface area contributed by atoms with Crippen LogP contribution in [0.5, 0.6) is 5.75 Å². The molecule has 3 atom stereocenters. The van der Waals surface area contributed by atoms with E-state index in [2.05, 4.69) is 44.0 Å². The van der Waals surface area contributed by atoms with E-state index in [1.807, 2.05) is 0 Å². The Morgan fingerprint density at radius 3 is 2.91 bits per heavy atom. The number of nitrogens with zero attached hydrogens (tertiary/aromatic N) is 1. The monoisotopic (exact) mass is 299 g/mol. The highest BCUT2D eigenvalue weighted by Crippen LogP contribution is 2.55. The van der Waals surface area contributed by atoms with Crippen LogP contribution >= 0.6 is 0 Å². The lowest BCUT2D eigenvalue weighted by atomic mass is 9.52. The Balaban J connectivity index is 1.80. The first kappa shape index (κ1) is 14.6. The molecule has 0 radical (unpaired) electrons. The number of likely N-dealkylation sites (N-methyl/N-ethyl adjacent to an activating group) is 1. The first-order valence-corrected chi connectivity index (χ1v) is 9.10. The number of piperidine rings is 1. The molecule has 1 unspecified atom stereocenters. The summed E-state index contributed by atoms with van der Waals surface area (Å²) in [5.41, 5.74) is 3.67. The molecule has 1 aliphatic heterocycles. The topological polar surface area (TPSA) is 12.5 Å². The van der Waals surface area contributed by atoms with Crippen LogP contribution in [-0.4, -0.2) is 30.6 Å². The fourth-order valence-corrected chi connectivity index (χ4v) is 5.52. The van der Waals surface area contributed by atoms with Crippen LogP contribution < -0.4 is 4.74 Å². The molecule has 22 heavy (non-hydrogen) atoms. The number of rotatable bonds is 2. The Morgan fingerprint density at radius 1 is 1.23 bits per heavy atom. The zero-order valence-electron chi connectivity index (χ0n) is 14.3. The van der Waals surface area contributed by atoms with Gasteiger partial charge in [-0.25, -0.2) is 0 Å². The van der Waals surface area contributed by atoms with Crippen LogP contribution in [0.15, 0.2) is 18.2 Å². The van der Waals surface area contributed by atoms with Gasteiger partial charge in [0, 0.05) is 11.5 Å². The maximum Gasteiger partial charge on any atom is 0.119 e. The third kappa shape index (κ3) is 2.11. The van der Waals surface area contributed by atoms with Crippen molar-refractivity contribution >= 4 is 0 Å². The Kier molecular flexibility index (Phi) is 3.48. The highest BCUT2D eigenvalue weighted by Gasteiger charge is 2.53. The van der Waals surface area contributed by atoms with Crippen molar-refractivity contribution < 1.29 is 4.74 Å². The molecule has 0 amide bonds. The van der Waals surface area contributed by atoms with Crippen LogP contribution in [0.4, 0.5) is 0 Å². The molecule has 0 aromatic heterocycles. The highest BCUT2D eigenvalue weighted by molar-refractivity contribution is 5.45. The molecule has 1 saturated heterocycles. The molecule has 0 spiro atoms. The molecule has 2 heteroatoms. The molecule has 4 rings (SSSR count). The summed E-state index contributed by atoms with van der Waals surface area (Å²) < 4.78 is 6.01. The Hall–Kier alpha value is -1.02. The van der Waals surface area contributed by atoms with Gasteiger partial charge in [-0.05, 0) is 82.3 Å². The molecule has 2 bridgehead atoms. The summed E-state index contributed by atoms with van der Waals surface area (Å²) in [5, 5.41) is 0. The van der Waals surface area contributed by atoms with Crippen LogP contribution in [0.25, 0.3) is 0 Å². The van der Waals surface area contributed by atoms with E-state index in [1.54, 1.807) is 11.1 Å². The summed E-state index contributed by atoms with van der Waals surface area (Å²) in [6, 6.07) is 7.70. The summed E-state index contributed by atoms with van der Waals surface area (Å²) in [5.74, 6) is 1.94. The lowest BCUT2D eigenvalue weighted by Crippen LogP contribution is -2.59. The Labute approximate surface area is 134 Å². The van der Waals surface area contributed by atoms with Gasteiger partial charge in [-0.3, -0.25) is 0 Å². The molecular formula is C20H29NO. The lowest BCUT2D eigenvalue weighted by molar-refractivity contribution is 0.00266. The number of hydrogen-bond acceptors (Lipinski definition) is 2. The third-order valence-electron chi connectivity index (χ3n) is 6.46. The molecule has 1 aromatic rings. The lowest BCUT2D eigenvalue weighted by Gasteiger charge is -2.58. The first-order chi connectivity index (χ1) is 10.6. The molecule has 1 heterocycles. The molecule has 120 valence electrons. The maximum atomic E-state index is 6.01. The van der Waals surface area contributed by atoms with Crippen molar-refractivity contribution in [3.05, 3.63) is 29.3 Å². The minimum Gasteiger partial charge on any atom is -0.491 e. The van der Waals surface area contributed by atoms with Crippen molar-refractivity contribution in [2.45, 2.75) is 69.9 Å². The second-order valence-corrected chi connectivity index (χ2v) is 8.00. The van der Waals surface area contributed by atoms with Gasteiger partial charge >= 0.3 is 0 Å². The van der Waals surface area contributed by atoms with Crippen molar-refractivity contribution in [1.82, 2.24) is 4.90 Å². The van der Waals surface area contributed by atoms with Gasteiger partial charge < -0.3 is 9.64 Å². The summed E-state index contributed by atoms with van der Waals surface area (Å²) >= 11 is 0. The predicted octanol–water partition coefficient (Wildman–Crippen LogP) is 4.16. The standard InChI is InChI=1S/C20H29NO/c1-14(2)22-16-8-7-15-12-19-17-6-4-5-9-20(17,18(15)13-16)10-11-21(19)3/h7-8,13-14,17,19H,4-6,9-12H2,1-3H3/t17?,19-,20-/m0/s1. The SMILES string of the molecule is CC(C)Oc1ccc2c(c1)[C@]13CCCCC1[C@H](C2)N(C)CC3. The van der Waals surface area contributed by atoms with E-state index in [-0.39, 0.29) is 6.10 Å². The average molecular weight is 299 g/mol. The molecular weight excluding hydrogens is 270 g/mol. The largest absolute Gasteiger partial charge is 0.491 e. The highest BCUT2D eigenvalue weighted by atomic mass is 16.5. The van der Waals surface area contributed by atoms with E-state index in [0.717, 1.165) is 17.7 Å². The molecule has 0 N–H and O–H groups in total. The fraction of sp³-hybridized carbons (Fsp3) is 0.700. The van der Waals surface area contributed by atoms with Gasteiger partial charge in [0.05, 0.1) is 6.10 Å². The molecule has 2 nitrogen and oxygen atoms in total. The van der Waals surface area contributed by atoms with E-state index in [9.17, 15) is 0 Å². The number of fused-ring (bicyclic) bond motifs is 1. The van der Waals surface area contributed by atoms with Crippen LogP contribution in [0.1, 0.15) is 57.1 Å². The predicted molar refractivity (Wildman–Crippen MR) is 90.6 cm³/mol. The number of likely N-dealkylation sites (tertiary alicyclic amines) is 1. The number of benzene rings is 1. The number of hydrogen-bond donors (Lipinski definition) is 0. The summed E-state index contributed by atoms with van der Waals surface area (Å²) in [7, 11) is 2.34. The van der Waals surface area contributed by atoms with Crippen molar-refractivity contribution in [2.24, 2.45) is 5.92 Å². The zero-order valence-corrected chi connectivity index (χ0v) is 14.3. The second-order valence-electron chi connectivity index (χ2n) is 8.00. The second kappa shape index (κ2) is 5.26. The zero-order chi connectivity index (χ0) is 15.3. The van der Waals surface area contributed by atoms with Gasteiger partial charge in [-0.1, -0.05) is 18.9 Å². The van der Waals surface area contributed by atoms with Gasteiger partial charge in [-0.2, -0.15) is 0 Å². The van der Waals surface area contributed by atoms with Crippen LogP contribution in [-0.2, 0) is 11.8 Å². The van der Waals surface area contributed by atoms with Gasteiger partial charge in [0.15, 0.2) is 0 Å². The van der Waals surface area contributed by atoms with Crippen molar-refractivity contribution in [3.8, 4) is 5.75 Å². The minimum absolute atomic E-state index is 0.256. The van der Waals surface area contributed by atoms with E-state index in [0.29, 0.717) is 5.41 Å². The average Bonchev–Trinajstić information content (AvgIpc) is 2.51. The van der Waals surface area contributed by atoms with Gasteiger partial charge in [-0.15, -0.1) is 0 Å². The van der Waals surface area contributed by atoms with E-state index < -0.39 is 0 Å². The van der Waals surface area contributed by atoms with Crippen LogP contribution in [0, 0.1) is 5.92 Å². The molecule has 3 aliphatic rings. The van der Waals surface area contributed by atoms with Crippen LogP contribution in [0.3, 0.4) is 0 Å². The van der Waals surface area contributed by atoms with Crippen molar-refractivity contribution in [2.75, 3.05) is 13.6 Å². The minimum atomic E-state index is 0.256. The summed E-state index contributed by atoms with van der Waals surface area (Å²) in [6.07, 6.45) is 8.47. The van der Waals surface area contributed by atoms with Gasteiger partial charge in [0.1, 0.15) is 5.75 Å². The van der Waals surface area contributed by atoms with E-state index in [4.69, 9.17) is 4.74 Å². The molecule has 2 fully saturated rings. The number of ether oxygens (including phenoxy) is 1. The molecule has 1 saturated carbocycles. The van der Waals surface area contributed by atoms with Crippen LogP contribution in [0.2, 0.25) is 0 Å². The Morgan fingerprint density at radius 2 is 2.09 bits per heavy atom. The van der Waals surface area contributed by atoms with Crippen molar-refractivity contribution in [1.29, 1.82) is 0 Å². The normalized spacial score (nSPS) is 34.2. The van der Waals surface area contributed by atoms with E-state index in [1.165, 1.54) is 45.1 Å². The summed E-state index contributed by atoms with van der Waals surface area (Å²) in [4.78, 5) is 2.63. The van der Waals surface area contributed by atoms with E-state index >= 15 is 0 Å². The summed E-state index contributed by atoms with van der Waals surface area (Å²) in [6.45, 7) is 5.50. The Bertz CT molecular complexity index is 567. The van der Waals surface area contributed by atoms with Crippen molar-refractivity contribution in [3.63, 3.8) is 0 Å². The quantitative estimate of drug-likeness (QED) is 0.813. The van der Waals surface area contributed by atoms with Gasteiger partial charge in [0.25, 0.3) is 0 Å². The smallest absolute Gasteiger partial charge is 0.119 e. The molecule has 2 aliphatic carbocycles.